The van der Waals surface area contributed by atoms with E-state index < -0.39 is 5.97 Å². The number of nitrogens with zero attached hydrogens (tertiary/aromatic N) is 2. The van der Waals surface area contributed by atoms with Crippen molar-refractivity contribution in [2.24, 2.45) is 0 Å². The van der Waals surface area contributed by atoms with Crippen LogP contribution in [0.4, 0.5) is 5.69 Å². The Balaban J connectivity index is 2.71. The van der Waals surface area contributed by atoms with Crippen molar-refractivity contribution in [3.05, 3.63) is 29.3 Å². The number of benzene rings is 1. The largest absolute Gasteiger partial charge is 0.480 e. The average Bonchev–Trinajstić information content (AvgIpc) is 2.28. The molecule has 0 aliphatic heterocycles. The number of rotatable bonds is 6. The Morgan fingerprint density at radius 3 is 2.59 bits per heavy atom. The van der Waals surface area contributed by atoms with Gasteiger partial charge in [0, 0.05) is 23.7 Å². The van der Waals surface area contributed by atoms with E-state index in [9.17, 15) is 4.79 Å². The molecule has 1 aromatic rings. The van der Waals surface area contributed by atoms with Crippen molar-refractivity contribution in [2.75, 3.05) is 18.0 Å². The van der Waals surface area contributed by atoms with E-state index in [0.29, 0.717) is 24.4 Å². The summed E-state index contributed by atoms with van der Waals surface area (Å²) in [4.78, 5) is 12.5. The molecule has 4 nitrogen and oxygen atoms in total. The molecule has 1 rings (SSSR count). The zero-order valence-electron chi connectivity index (χ0n) is 9.27. The maximum atomic E-state index is 10.7. The van der Waals surface area contributed by atoms with Crippen LogP contribution in [0.1, 0.15) is 12.8 Å². The molecule has 0 aliphatic rings. The number of anilines is 1. The van der Waals surface area contributed by atoms with Crippen LogP contribution in [0.3, 0.4) is 0 Å². The third kappa shape index (κ3) is 4.75. The van der Waals surface area contributed by atoms with Gasteiger partial charge < -0.3 is 10.0 Å². The Labute approximate surface area is 105 Å². The van der Waals surface area contributed by atoms with Gasteiger partial charge in [-0.3, -0.25) is 4.79 Å². The molecule has 90 valence electrons. The number of nitriles is 1. The average molecular weight is 253 g/mol. The lowest BCUT2D eigenvalue weighted by Crippen LogP contribution is -2.30. The molecule has 0 unspecified atom stereocenters. The van der Waals surface area contributed by atoms with E-state index in [1.807, 2.05) is 6.07 Å². The van der Waals surface area contributed by atoms with E-state index in [0.717, 1.165) is 5.69 Å². The van der Waals surface area contributed by atoms with Gasteiger partial charge in [-0.15, -0.1) is 0 Å². The van der Waals surface area contributed by atoms with E-state index >= 15 is 0 Å². The van der Waals surface area contributed by atoms with Gasteiger partial charge in [0.2, 0.25) is 0 Å². The smallest absolute Gasteiger partial charge is 0.323 e. The maximum absolute atomic E-state index is 10.7. The Morgan fingerprint density at radius 2 is 2.06 bits per heavy atom. The second kappa shape index (κ2) is 6.77. The zero-order valence-corrected chi connectivity index (χ0v) is 10.0. The summed E-state index contributed by atoms with van der Waals surface area (Å²) in [6.45, 7) is 0.467. The van der Waals surface area contributed by atoms with Gasteiger partial charge in [-0.05, 0) is 30.7 Å². The highest BCUT2D eigenvalue weighted by Gasteiger charge is 2.10. The highest BCUT2D eigenvalue weighted by Crippen LogP contribution is 2.18. The fourth-order valence-electron chi connectivity index (χ4n) is 1.46. The van der Waals surface area contributed by atoms with Gasteiger partial charge in [0.25, 0.3) is 0 Å². The minimum Gasteiger partial charge on any atom is -0.480 e. The van der Waals surface area contributed by atoms with Crippen molar-refractivity contribution in [1.29, 1.82) is 5.26 Å². The lowest BCUT2D eigenvalue weighted by molar-refractivity contribution is -0.135. The second-order valence-electron chi connectivity index (χ2n) is 3.55. The Bertz CT molecular complexity index is 412. The van der Waals surface area contributed by atoms with Crippen LogP contribution in [0.25, 0.3) is 0 Å². The van der Waals surface area contributed by atoms with Crippen LogP contribution in [0.5, 0.6) is 0 Å². The standard InChI is InChI=1S/C12H13ClN2O2/c13-10-3-5-11(6-4-10)15(9-12(16)17)8-2-1-7-14/h3-6H,1-2,8-9H2,(H,16,17). The van der Waals surface area contributed by atoms with Crippen molar-refractivity contribution in [2.45, 2.75) is 12.8 Å². The van der Waals surface area contributed by atoms with Crippen molar-refractivity contribution in [1.82, 2.24) is 0 Å². The first-order valence-electron chi connectivity index (χ1n) is 5.22. The minimum absolute atomic E-state index is 0.0763. The zero-order chi connectivity index (χ0) is 12.7. The van der Waals surface area contributed by atoms with E-state index in [1.54, 1.807) is 29.2 Å². The first-order valence-corrected chi connectivity index (χ1v) is 5.60. The molecule has 0 aliphatic carbocycles. The van der Waals surface area contributed by atoms with Gasteiger partial charge in [-0.1, -0.05) is 11.6 Å². The molecule has 1 aromatic carbocycles. The Hall–Kier alpha value is -1.73. The molecule has 0 aromatic heterocycles. The lowest BCUT2D eigenvalue weighted by atomic mass is 10.2. The number of carboxylic acids is 1. The highest BCUT2D eigenvalue weighted by molar-refractivity contribution is 6.30. The Kier molecular flexibility index (Phi) is 5.31. The topological polar surface area (TPSA) is 64.3 Å². The van der Waals surface area contributed by atoms with Crippen molar-refractivity contribution >= 4 is 23.3 Å². The molecule has 0 saturated carbocycles. The maximum Gasteiger partial charge on any atom is 0.323 e. The van der Waals surface area contributed by atoms with Crippen molar-refractivity contribution < 1.29 is 9.90 Å². The molecule has 0 amide bonds. The molecule has 0 saturated heterocycles. The fraction of sp³-hybridized carbons (Fsp3) is 0.333. The van der Waals surface area contributed by atoms with Crippen LogP contribution >= 0.6 is 11.6 Å². The van der Waals surface area contributed by atoms with Crippen LogP contribution in [-0.2, 0) is 4.79 Å². The van der Waals surface area contributed by atoms with E-state index in [2.05, 4.69) is 0 Å². The van der Waals surface area contributed by atoms with Gasteiger partial charge in [-0.2, -0.15) is 5.26 Å². The van der Waals surface area contributed by atoms with Crippen molar-refractivity contribution in [3.63, 3.8) is 0 Å². The molecule has 0 heterocycles. The summed E-state index contributed by atoms with van der Waals surface area (Å²) in [6.07, 6.45) is 1.07. The molecule has 0 bridgehead atoms. The van der Waals surface area contributed by atoms with E-state index in [-0.39, 0.29) is 6.54 Å². The molecule has 0 fully saturated rings. The molecule has 17 heavy (non-hydrogen) atoms. The third-order valence-electron chi connectivity index (χ3n) is 2.23. The summed E-state index contributed by atoms with van der Waals surface area (Å²) in [5.74, 6) is -0.892. The van der Waals surface area contributed by atoms with Crippen LogP contribution in [0.2, 0.25) is 5.02 Å². The van der Waals surface area contributed by atoms with Gasteiger partial charge in [0.05, 0.1) is 6.07 Å². The number of halogens is 1. The van der Waals surface area contributed by atoms with Gasteiger partial charge in [-0.25, -0.2) is 0 Å². The summed E-state index contributed by atoms with van der Waals surface area (Å²) in [5.41, 5.74) is 0.801. The summed E-state index contributed by atoms with van der Waals surface area (Å²) in [7, 11) is 0. The normalized spacial score (nSPS) is 9.65. The summed E-state index contributed by atoms with van der Waals surface area (Å²) in [5, 5.41) is 17.9. The molecule has 1 N–H and O–H groups in total. The van der Waals surface area contributed by atoms with Crippen LogP contribution in [-0.4, -0.2) is 24.2 Å². The quantitative estimate of drug-likeness (QED) is 0.790. The number of carbonyl (C=O) groups is 1. The van der Waals surface area contributed by atoms with Gasteiger partial charge in [0.15, 0.2) is 0 Å². The van der Waals surface area contributed by atoms with E-state index in [4.69, 9.17) is 22.0 Å². The first kappa shape index (κ1) is 13.3. The predicted octanol–water partition coefficient (Wildman–Crippen LogP) is 2.53. The highest BCUT2D eigenvalue weighted by atomic mass is 35.5. The molecule has 0 spiro atoms. The Morgan fingerprint density at radius 1 is 1.41 bits per heavy atom. The van der Waals surface area contributed by atoms with Crippen LogP contribution < -0.4 is 4.90 Å². The summed E-state index contributed by atoms with van der Waals surface area (Å²) in [6, 6.07) is 9.03. The SMILES string of the molecule is N#CCCCN(CC(=O)O)c1ccc(Cl)cc1. The number of hydrogen-bond acceptors (Lipinski definition) is 3. The number of hydrogen-bond donors (Lipinski definition) is 1. The fourth-order valence-corrected chi connectivity index (χ4v) is 1.59. The molecule has 5 heteroatoms. The van der Waals surface area contributed by atoms with Crippen LogP contribution in [0.15, 0.2) is 24.3 Å². The third-order valence-corrected chi connectivity index (χ3v) is 2.49. The molecular weight excluding hydrogens is 240 g/mol. The van der Waals surface area contributed by atoms with Crippen molar-refractivity contribution in [3.8, 4) is 6.07 Å². The molecule has 0 atom stereocenters. The molecular formula is C12H13ClN2O2. The predicted molar refractivity (Wildman–Crippen MR) is 66.1 cm³/mol. The summed E-state index contributed by atoms with van der Waals surface area (Å²) < 4.78 is 0. The lowest BCUT2D eigenvalue weighted by Gasteiger charge is -2.22. The monoisotopic (exact) mass is 252 g/mol. The first-order chi connectivity index (χ1) is 8.13. The molecule has 0 radical (unpaired) electrons. The minimum atomic E-state index is -0.892. The number of carboxylic acid groups (broad SMARTS) is 1. The number of aliphatic carboxylic acids is 1. The second-order valence-corrected chi connectivity index (χ2v) is 3.99. The number of unbranched alkanes of at least 4 members (excludes halogenated alkanes) is 1. The van der Waals surface area contributed by atoms with E-state index in [1.165, 1.54) is 0 Å². The van der Waals surface area contributed by atoms with Gasteiger partial charge in [0.1, 0.15) is 6.54 Å². The summed E-state index contributed by atoms with van der Waals surface area (Å²) >= 11 is 5.77. The van der Waals surface area contributed by atoms with Crippen LogP contribution in [0, 0.1) is 11.3 Å². The van der Waals surface area contributed by atoms with Gasteiger partial charge >= 0.3 is 5.97 Å².